The third-order valence-electron chi connectivity index (χ3n) is 2.96. The number of carboxylic acid groups (broad SMARTS) is 1. The van der Waals surface area contributed by atoms with Gasteiger partial charge in [-0.3, -0.25) is 4.79 Å². The first-order valence-electron chi connectivity index (χ1n) is 4.99. The van der Waals surface area contributed by atoms with Gasteiger partial charge in [-0.15, -0.1) is 0 Å². The smallest absolute Gasteiger partial charge is 0.321 e. The molecular weight excluding hydrogens is 190 g/mol. The SMILES string of the molecule is Cc1cccc(C(C)C(N)C(=O)O)c1C. The third-order valence-corrected chi connectivity index (χ3v) is 2.96. The Labute approximate surface area is 89.9 Å². The van der Waals surface area contributed by atoms with Crippen LogP contribution in [-0.2, 0) is 4.79 Å². The molecule has 0 saturated carbocycles. The van der Waals surface area contributed by atoms with Crippen LogP contribution in [0.4, 0.5) is 0 Å². The average Bonchev–Trinajstić information content (AvgIpc) is 2.20. The standard InChI is InChI=1S/C12H17NO2/c1-7-5-4-6-10(8(7)2)9(3)11(13)12(14)15/h4-6,9,11H,13H2,1-3H3,(H,14,15). The fourth-order valence-electron chi connectivity index (χ4n) is 1.67. The Balaban J connectivity index is 3.06. The summed E-state index contributed by atoms with van der Waals surface area (Å²) in [6.45, 7) is 5.86. The largest absolute Gasteiger partial charge is 0.480 e. The number of carboxylic acids is 1. The van der Waals surface area contributed by atoms with E-state index in [1.54, 1.807) is 0 Å². The van der Waals surface area contributed by atoms with E-state index in [9.17, 15) is 4.79 Å². The molecule has 1 aromatic carbocycles. The molecule has 0 aliphatic carbocycles. The summed E-state index contributed by atoms with van der Waals surface area (Å²) in [6, 6.07) is 5.04. The topological polar surface area (TPSA) is 63.3 Å². The maximum absolute atomic E-state index is 10.8. The molecule has 0 radical (unpaired) electrons. The highest BCUT2D eigenvalue weighted by atomic mass is 16.4. The Kier molecular flexibility index (Phi) is 3.48. The van der Waals surface area contributed by atoms with E-state index in [-0.39, 0.29) is 5.92 Å². The number of carbonyl (C=O) groups is 1. The van der Waals surface area contributed by atoms with Crippen LogP contribution in [0.15, 0.2) is 18.2 Å². The molecule has 3 N–H and O–H groups in total. The molecule has 2 unspecified atom stereocenters. The Bertz CT molecular complexity index is 374. The highest BCUT2D eigenvalue weighted by molar-refractivity contribution is 5.74. The summed E-state index contributed by atoms with van der Waals surface area (Å²) in [7, 11) is 0. The van der Waals surface area contributed by atoms with Crippen LogP contribution in [-0.4, -0.2) is 17.1 Å². The van der Waals surface area contributed by atoms with Crippen molar-refractivity contribution >= 4 is 5.97 Å². The molecule has 0 fully saturated rings. The van der Waals surface area contributed by atoms with Gasteiger partial charge in [0.2, 0.25) is 0 Å². The number of hydrogen-bond acceptors (Lipinski definition) is 2. The van der Waals surface area contributed by atoms with Gasteiger partial charge in [-0.2, -0.15) is 0 Å². The lowest BCUT2D eigenvalue weighted by atomic mass is 9.89. The number of hydrogen-bond donors (Lipinski definition) is 2. The van der Waals surface area contributed by atoms with Gasteiger partial charge in [0, 0.05) is 5.92 Å². The second-order valence-corrected chi connectivity index (χ2v) is 3.94. The van der Waals surface area contributed by atoms with Crippen LogP contribution in [0.5, 0.6) is 0 Å². The summed E-state index contributed by atoms with van der Waals surface area (Å²) in [5.41, 5.74) is 8.92. The van der Waals surface area contributed by atoms with E-state index in [2.05, 4.69) is 0 Å². The van der Waals surface area contributed by atoms with E-state index < -0.39 is 12.0 Å². The summed E-state index contributed by atoms with van der Waals surface area (Å²) in [6.07, 6.45) is 0. The van der Waals surface area contributed by atoms with Gasteiger partial charge in [0.15, 0.2) is 0 Å². The van der Waals surface area contributed by atoms with Gasteiger partial charge in [0.05, 0.1) is 0 Å². The van der Waals surface area contributed by atoms with Crippen molar-refractivity contribution in [1.29, 1.82) is 0 Å². The van der Waals surface area contributed by atoms with E-state index in [0.717, 1.165) is 16.7 Å². The van der Waals surface area contributed by atoms with Crippen LogP contribution in [0, 0.1) is 13.8 Å². The summed E-state index contributed by atoms with van der Waals surface area (Å²) < 4.78 is 0. The molecule has 1 rings (SSSR count). The van der Waals surface area contributed by atoms with Crippen LogP contribution < -0.4 is 5.73 Å². The van der Waals surface area contributed by atoms with Crippen molar-refractivity contribution in [3.8, 4) is 0 Å². The monoisotopic (exact) mass is 207 g/mol. The second kappa shape index (κ2) is 4.45. The first-order valence-corrected chi connectivity index (χ1v) is 4.99. The summed E-state index contributed by atoms with van der Waals surface area (Å²) in [5, 5.41) is 8.85. The van der Waals surface area contributed by atoms with Crippen molar-refractivity contribution in [3.05, 3.63) is 34.9 Å². The molecule has 0 aromatic heterocycles. The minimum atomic E-state index is -0.955. The number of aryl methyl sites for hydroxylation is 1. The predicted molar refractivity (Wildman–Crippen MR) is 59.9 cm³/mol. The molecule has 0 amide bonds. The van der Waals surface area contributed by atoms with E-state index >= 15 is 0 Å². The van der Waals surface area contributed by atoms with Crippen LogP contribution >= 0.6 is 0 Å². The van der Waals surface area contributed by atoms with Gasteiger partial charge >= 0.3 is 5.97 Å². The van der Waals surface area contributed by atoms with Gasteiger partial charge in [-0.1, -0.05) is 25.1 Å². The molecule has 0 spiro atoms. The molecule has 3 nitrogen and oxygen atoms in total. The Morgan fingerprint density at radius 2 is 2.00 bits per heavy atom. The summed E-state index contributed by atoms with van der Waals surface area (Å²) in [5.74, 6) is -1.12. The van der Waals surface area contributed by atoms with Gasteiger partial charge < -0.3 is 10.8 Å². The normalized spacial score (nSPS) is 14.7. The quantitative estimate of drug-likeness (QED) is 0.794. The molecule has 82 valence electrons. The van der Waals surface area contributed by atoms with Crippen LogP contribution in [0.3, 0.4) is 0 Å². The lowest BCUT2D eigenvalue weighted by Gasteiger charge is -2.19. The number of nitrogens with two attached hydrogens (primary N) is 1. The van der Waals surface area contributed by atoms with Crippen molar-refractivity contribution in [1.82, 2.24) is 0 Å². The molecule has 0 bridgehead atoms. The molecule has 0 heterocycles. The number of aliphatic carboxylic acids is 1. The van der Waals surface area contributed by atoms with Crippen molar-refractivity contribution in [3.63, 3.8) is 0 Å². The molecule has 15 heavy (non-hydrogen) atoms. The van der Waals surface area contributed by atoms with Crippen LogP contribution in [0.1, 0.15) is 29.5 Å². The predicted octanol–water partition coefficient (Wildman–Crippen LogP) is 1.82. The van der Waals surface area contributed by atoms with Gasteiger partial charge in [-0.05, 0) is 30.5 Å². The summed E-state index contributed by atoms with van der Waals surface area (Å²) in [4.78, 5) is 10.8. The average molecular weight is 207 g/mol. The fraction of sp³-hybridized carbons (Fsp3) is 0.417. The lowest BCUT2D eigenvalue weighted by molar-refractivity contribution is -0.139. The van der Waals surface area contributed by atoms with Gasteiger partial charge in [-0.25, -0.2) is 0 Å². The first-order chi connectivity index (χ1) is 6.95. The van der Waals surface area contributed by atoms with E-state index in [1.807, 2.05) is 39.0 Å². The van der Waals surface area contributed by atoms with Crippen molar-refractivity contribution in [2.45, 2.75) is 32.7 Å². The molecule has 0 aliphatic rings. The van der Waals surface area contributed by atoms with Crippen molar-refractivity contribution < 1.29 is 9.90 Å². The van der Waals surface area contributed by atoms with Gasteiger partial charge in [0.25, 0.3) is 0 Å². The summed E-state index contributed by atoms with van der Waals surface area (Å²) >= 11 is 0. The van der Waals surface area contributed by atoms with E-state index in [0.29, 0.717) is 0 Å². The molecule has 0 saturated heterocycles. The zero-order valence-electron chi connectivity index (χ0n) is 9.32. The highest BCUT2D eigenvalue weighted by Gasteiger charge is 2.22. The number of rotatable bonds is 3. The zero-order chi connectivity index (χ0) is 11.6. The molecule has 2 atom stereocenters. The molecule has 1 aromatic rings. The van der Waals surface area contributed by atoms with Crippen molar-refractivity contribution in [2.24, 2.45) is 5.73 Å². The molecule has 0 aliphatic heterocycles. The Morgan fingerprint density at radius 1 is 1.40 bits per heavy atom. The first kappa shape index (κ1) is 11.7. The Hall–Kier alpha value is -1.35. The number of benzene rings is 1. The highest BCUT2D eigenvalue weighted by Crippen LogP contribution is 2.23. The fourth-order valence-corrected chi connectivity index (χ4v) is 1.67. The maximum Gasteiger partial charge on any atom is 0.321 e. The Morgan fingerprint density at radius 3 is 2.53 bits per heavy atom. The molecular formula is C12H17NO2. The second-order valence-electron chi connectivity index (χ2n) is 3.94. The van der Waals surface area contributed by atoms with Gasteiger partial charge in [0.1, 0.15) is 6.04 Å². The maximum atomic E-state index is 10.8. The zero-order valence-corrected chi connectivity index (χ0v) is 9.32. The van der Waals surface area contributed by atoms with Crippen molar-refractivity contribution in [2.75, 3.05) is 0 Å². The lowest BCUT2D eigenvalue weighted by Crippen LogP contribution is -2.35. The van der Waals surface area contributed by atoms with E-state index in [1.165, 1.54) is 0 Å². The molecule has 3 heteroatoms. The van der Waals surface area contributed by atoms with Crippen LogP contribution in [0.25, 0.3) is 0 Å². The minimum Gasteiger partial charge on any atom is -0.480 e. The van der Waals surface area contributed by atoms with Crippen LogP contribution in [0.2, 0.25) is 0 Å². The van der Waals surface area contributed by atoms with E-state index in [4.69, 9.17) is 10.8 Å². The minimum absolute atomic E-state index is 0.164. The third kappa shape index (κ3) is 2.36.